The quantitative estimate of drug-likeness (QED) is 0.895. The van der Waals surface area contributed by atoms with Crippen LogP contribution in [0.25, 0.3) is 0 Å². The molecule has 0 saturated heterocycles. The first kappa shape index (κ1) is 15.3. The van der Waals surface area contributed by atoms with Crippen molar-refractivity contribution in [1.82, 2.24) is 9.88 Å². The maximum atomic E-state index is 12.1. The van der Waals surface area contributed by atoms with Gasteiger partial charge in [-0.15, -0.1) is 0 Å². The molecule has 0 aliphatic heterocycles. The Labute approximate surface area is 118 Å². The van der Waals surface area contributed by atoms with E-state index in [2.05, 4.69) is 55.9 Å². The molecule has 1 heterocycles. The standard InChI is InChI=1S/C14H23BrN2O/c1-10(2)17-9-11(15)8-12(17)13(18)16-7-6-14(3,4)5/h8-10H,6-7H2,1-5H3,(H,16,18). The summed E-state index contributed by atoms with van der Waals surface area (Å²) in [7, 11) is 0. The van der Waals surface area contributed by atoms with Gasteiger partial charge in [0.15, 0.2) is 0 Å². The summed E-state index contributed by atoms with van der Waals surface area (Å²) in [5.74, 6) is -0.00125. The lowest BCUT2D eigenvalue weighted by Gasteiger charge is -2.18. The van der Waals surface area contributed by atoms with Crippen molar-refractivity contribution in [2.75, 3.05) is 6.54 Å². The average Bonchev–Trinajstić information content (AvgIpc) is 2.58. The summed E-state index contributed by atoms with van der Waals surface area (Å²) in [6.45, 7) is 11.4. The Morgan fingerprint density at radius 1 is 1.44 bits per heavy atom. The van der Waals surface area contributed by atoms with E-state index in [1.165, 1.54) is 0 Å². The highest BCUT2D eigenvalue weighted by atomic mass is 79.9. The molecule has 0 spiro atoms. The van der Waals surface area contributed by atoms with Gasteiger partial charge < -0.3 is 9.88 Å². The lowest BCUT2D eigenvalue weighted by Crippen LogP contribution is -2.29. The number of nitrogens with one attached hydrogen (secondary N) is 1. The van der Waals surface area contributed by atoms with Crippen molar-refractivity contribution in [2.45, 2.75) is 47.1 Å². The van der Waals surface area contributed by atoms with E-state index < -0.39 is 0 Å². The van der Waals surface area contributed by atoms with Crippen molar-refractivity contribution in [2.24, 2.45) is 5.41 Å². The Bertz CT molecular complexity index is 416. The van der Waals surface area contributed by atoms with Crippen LogP contribution in [0, 0.1) is 5.41 Å². The highest BCUT2D eigenvalue weighted by molar-refractivity contribution is 9.10. The van der Waals surface area contributed by atoms with Crippen molar-refractivity contribution in [1.29, 1.82) is 0 Å². The third-order valence-electron chi connectivity index (χ3n) is 2.76. The number of nitrogens with zero attached hydrogens (tertiary/aromatic N) is 1. The van der Waals surface area contributed by atoms with E-state index in [1.807, 2.05) is 16.8 Å². The molecule has 1 amide bonds. The zero-order chi connectivity index (χ0) is 13.9. The summed E-state index contributed by atoms with van der Waals surface area (Å²) in [6.07, 6.45) is 2.92. The maximum absolute atomic E-state index is 12.1. The van der Waals surface area contributed by atoms with Crippen LogP contribution in [0.4, 0.5) is 0 Å². The van der Waals surface area contributed by atoms with Gasteiger partial charge in [0.05, 0.1) is 0 Å². The van der Waals surface area contributed by atoms with Crippen LogP contribution in [0.1, 0.15) is 57.6 Å². The predicted molar refractivity (Wildman–Crippen MR) is 78.9 cm³/mol. The van der Waals surface area contributed by atoms with E-state index in [9.17, 15) is 4.79 Å². The first-order valence-electron chi connectivity index (χ1n) is 6.36. The molecule has 0 aromatic carbocycles. The van der Waals surface area contributed by atoms with Gasteiger partial charge in [-0.3, -0.25) is 4.79 Å². The second kappa shape index (κ2) is 5.91. The number of aromatic nitrogens is 1. The molecule has 1 aromatic heterocycles. The third-order valence-corrected chi connectivity index (χ3v) is 3.20. The molecule has 1 aromatic rings. The number of hydrogen-bond donors (Lipinski definition) is 1. The zero-order valence-electron chi connectivity index (χ0n) is 11.9. The van der Waals surface area contributed by atoms with Crippen molar-refractivity contribution in [3.8, 4) is 0 Å². The zero-order valence-corrected chi connectivity index (χ0v) is 13.5. The molecular formula is C14H23BrN2O. The molecule has 0 aliphatic carbocycles. The van der Waals surface area contributed by atoms with Crippen molar-refractivity contribution >= 4 is 21.8 Å². The van der Waals surface area contributed by atoms with E-state index >= 15 is 0 Å². The number of carbonyl (C=O) groups excluding carboxylic acids is 1. The maximum Gasteiger partial charge on any atom is 0.267 e. The lowest BCUT2D eigenvalue weighted by atomic mass is 9.92. The molecule has 0 radical (unpaired) electrons. The minimum atomic E-state index is -0.00125. The van der Waals surface area contributed by atoms with Crippen LogP contribution in [0.2, 0.25) is 0 Å². The van der Waals surface area contributed by atoms with Crippen molar-refractivity contribution in [3.63, 3.8) is 0 Å². The summed E-state index contributed by atoms with van der Waals surface area (Å²) < 4.78 is 2.92. The smallest absolute Gasteiger partial charge is 0.267 e. The first-order chi connectivity index (χ1) is 8.20. The molecule has 0 unspecified atom stereocenters. The van der Waals surface area contributed by atoms with Crippen LogP contribution in [0.3, 0.4) is 0 Å². The summed E-state index contributed by atoms with van der Waals surface area (Å²) in [4.78, 5) is 12.1. The molecule has 0 aliphatic rings. The molecule has 0 atom stereocenters. The molecular weight excluding hydrogens is 292 g/mol. The van der Waals surface area contributed by atoms with Gasteiger partial charge in [0.1, 0.15) is 5.69 Å². The number of amides is 1. The van der Waals surface area contributed by atoms with Crippen LogP contribution in [0.15, 0.2) is 16.7 Å². The van der Waals surface area contributed by atoms with Gasteiger partial charge in [-0.05, 0) is 47.7 Å². The van der Waals surface area contributed by atoms with Crippen molar-refractivity contribution < 1.29 is 4.79 Å². The minimum Gasteiger partial charge on any atom is -0.351 e. The molecule has 4 heteroatoms. The van der Waals surface area contributed by atoms with Gasteiger partial charge in [0.2, 0.25) is 0 Å². The van der Waals surface area contributed by atoms with E-state index in [1.54, 1.807) is 0 Å². The van der Waals surface area contributed by atoms with E-state index in [4.69, 9.17) is 0 Å². The summed E-state index contributed by atoms with van der Waals surface area (Å²) in [6, 6.07) is 2.14. The van der Waals surface area contributed by atoms with E-state index in [-0.39, 0.29) is 17.4 Å². The minimum absolute atomic E-state index is 0.00125. The fourth-order valence-corrected chi connectivity index (χ4v) is 2.13. The molecule has 0 bridgehead atoms. The third kappa shape index (κ3) is 4.48. The largest absolute Gasteiger partial charge is 0.351 e. The van der Waals surface area contributed by atoms with Crippen LogP contribution in [0.5, 0.6) is 0 Å². The lowest BCUT2D eigenvalue weighted by molar-refractivity contribution is 0.0938. The Hall–Kier alpha value is -0.770. The summed E-state index contributed by atoms with van der Waals surface area (Å²) >= 11 is 3.42. The van der Waals surface area contributed by atoms with Gasteiger partial charge in [0, 0.05) is 23.3 Å². The average molecular weight is 315 g/mol. The van der Waals surface area contributed by atoms with Crippen molar-refractivity contribution in [3.05, 3.63) is 22.4 Å². The van der Waals surface area contributed by atoms with E-state index in [0.29, 0.717) is 12.2 Å². The second-order valence-corrected chi connectivity index (χ2v) is 7.03. The molecule has 3 nitrogen and oxygen atoms in total. The second-order valence-electron chi connectivity index (χ2n) is 6.11. The summed E-state index contributed by atoms with van der Waals surface area (Å²) in [5, 5.41) is 2.98. The molecule has 0 saturated carbocycles. The topological polar surface area (TPSA) is 34.0 Å². The van der Waals surface area contributed by atoms with Crippen LogP contribution < -0.4 is 5.32 Å². The Balaban J connectivity index is 2.67. The Morgan fingerprint density at radius 3 is 2.56 bits per heavy atom. The Morgan fingerprint density at radius 2 is 2.06 bits per heavy atom. The van der Waals surface area contributed by atoms with Gasteiger partial charge in [-0.2, -0.15) is 0 Å². The molecule has 0 fully saturated rings. The Kier molecular flexibility index (Phi) is 5.02. The fraction of sp³-hybridized carbons (Fsp3) is 0.643. The van der Waals surface area contributed by atoms with Crippen LogP contribution >= 0.6 is 15.9 Å². The number of rotatable bonds is 4. The van der Waals surface area contributed by atoms with Crippen LogP contribution in [-0.4, -0.2) is 17.0 Å². The number of carbonyl (C=O) groups is 1. The molecule has 1 N–H and O–H groups in total. The SMILES string of the molecule is CC(C)n1cc(Br)cc1C(=O)NCCC(C)(C)C. The predicted octanol–water partition coefficient (Wildman–Crippen LogP) is 4.00. The summed E-state index contributed by atoms with van der Waals surface area (Å²) in [5.41, 5.74) is 0.958. The number of hydrogen-bond acceptors (Lipinski definition) is 1. The number of halogens is 1. The first-order valence-corrected chi connectivity index (χ1v) is 7.15. The molecule has 18 heavy (non-hydrogen) atoms. The highest BCUT2D eigenvalue weighted by Gasteiger charge is 2.16. The monoisotopic (exact) mass is 314 g/mol. The van der Waals surface area contributed by atoms with Gasteiger partial charge in [-0.25, -0.2) is 0 Å². The normalized spacial score (nSPS) is 11.9. The fourth-order valence-electron chi connectivity index (χ4n) is 1.70. The van der Waals surface area contributed by atoms with Gasteiger partial charge in [-0.1, -0.05) is 20.8 Å². The van der Waals surface area contributed by atoms with Crippen LogP contribution in [-0.2, 0) is 0 Å². The van der Waals surface area contributed by atoms with Gasteiger partial charge >= 0.3 is 0 Å². The molecule has 102 valence electrons. The highest BCUT2D eigenvalue weighted by Crippen LogP contribution is 2.20. The van der Waals surface area contributed by atoms with E-state index in [0.717, 1.165) is 10.9 Å². The molecule has 1 rings (SSSR count). The van der Waals surface area contributed by atoms with Gasteiger partial charge in [0.25, 0.3) is 5.91 Å².